The number of aliphatic hydroxyl groups excluding tert-OH is 2. The molecule has 2 aromatic rings. The lowest BCUT2D eigenvalue weighted by molar-refractivity contribution is -0.373. The fourth-order valence-electron chi connectivity index (χ4n) is 13.3. The third-order valence-electron chi connectivity index (χ3n) is 16.6. The maximum atomic E-state index is 16.0. The van der Waals surface area contributed by atoms with E-state index in [-0.39, 0.29) is 30.3 Å². The molecule has 4 bridgehead atoms. The Morgan fingerprint density at radius 3 is 2.38 bits per heavy atom. The molecular formula is C57H65NO13. The molecule has 6 aliphatic heterocycles. The predicted molar refractivity (Wildman–Crippen MR) is 262 cm³/mol. The molecule has 10 aliphatic rings. The van der Waals surface area contributed by atoms with Crippen molar-refractivity contribution in [2.75, 3.05) is 13.7 Å². The summed E-state index contributed by atoms with van der Waals surface area (Å²) in [6.45, 7) is 19.4. The molecule has 2 aromatic carbocycles. The smallest absolute Gasteiger partial charge is 0.333 e. The average Bonchev–Trinajstić information content (AvgIpc) is 3.68. The van der Waals surface area contributed by atoms with Gasteiger partial charge in [0.2, 0.25) is 6.29 Å². The highest BCUT2D eigenvalue weighted by Crippen LogP contribution is 2.75. The molecule has 0 radical (unpaired) electrons. The van der Waals surface area contributed by atoms with E-state index < -0.39 is 88.5 Å². The Bertz CT molecular complexity index is 2870. The number of ether oxygens (including phenoxy) is 8. The van der Waals surface area contributed by atoms with Crippen molar-refractivity contribution >= 4 is 35.0 Å². The third-order valence-corrected chi connectivity index (χ3v) is 16.6. The molecule has 376 valence electrons. The number of benzene rings is 2. The predicted octanol–water partition coefficient (Wildman–Crippen LogP) is 8.13. The van der Waals surface area contributed by atoms with Crippen LogP contribution in [-0.4, -0.2) is 106 Å². The standard InChI is InChI=1S/C57H65NO13/c1-27(2)15-14-22-55(10)23-21-33-46(69-55)32(19-18-28(3)4)48-39(47(33)67-52-45(61)44(60)49-35(66-52)26-65-54(8,9)68-49)42-40-37(38-41(58-42)30-16-12-13-17-31(30)43(38)59)34-25-36-53(6,7)71-56(50(34)62,57(36,40)70-48)24-20-29(5)51(63)64-11/h12-13,15-18,20-21,23,34-38,44-45,49,52,60-61H,14,19,22,24-26H2,1-11H3/b29-20-/t34?,35-,36?,37?,38?,44-,45-,49-,52+,55?,56?,57?/m0/s1. The molecule has 14 heteroatoms. The maximum absolute atomic E-state index is 16.0. The summed E-state index contributed by atoms with van der Waals surface area (Å²) in [5.74, 6) is -3.42. The van der Waals surface area contributed by atoms with Gasteiger partial charge in [-0.05, 0) is 107 Å². The van der Waals surface area contributed by atoms with Crippen molar-refractivity contribution in [2.45, 2.75) is 160 Å². The van der Waals surface area contributed by atoms with Crippen molar-refractivity contribution in [1.29, 1.82) is 0 Å². The van der Waals surface area contributed by atoms with Crippen LogP contribution in [0.4, 0.5) is 0 Å². The van der Waals surface area contributed by atoms with Crippen LogP contribution in [0.5, 0.6) is 17.2 Å². The SMILES string of the molecule is COC(=O)/C(C)=C\CC12OC(C)(C)C3CC(C1=O)C1C4=C(N=C5c6ccccc6C(=O)C51)c1c(O[C@H]5O[C@H]6COC(C)(C)O[C@@H]6[C@@H](O)[C@@H]5O)c5c(c(CC=C(C)C)c1OC432)OC(C)(CCC=C(C)C)C=C5. The third kappa shape index (κ3) is 6.94. The van der Waals surface area contributed by atoms with Crippen molar-refractivity contribution < 1.29 is 62.5 Å². The summed E-state index contributed by atoms with van der Waals surface area (Å²) in [6.07, 6.45) is 5.89. The average molecular weight is 972 g/mol. The van der Waals surface area contributed by atoms with Crippen LogP contribution in [0.15, 0.2) is 75.9 Å². The Kier molecular flexibility index (Phi) is 11.1. The minimum absolute atomic E-state index is 0.0276. The lowest BCUT2D eigenvalue weighted by Gasteiger charge is -2.62. The molecule has 6 fully saturated rings. The largest absolute Gasteiger partial charge is 0.482 e. The number of esters is 1. The van der Waals surface area contributed by atoms with Crippen LogP contribution < -0.4 is 14.2 Å². The fourth-order valence-corrected chi connectivity index (χ4v) is 13.3. The number of methoxy groups -OCH3 is 1. The molecule has 2 N–H and O–H groups in total. The van der Waals surface area contributed by atoms with Crippen molar-refractivity contribution in [3.05, 3.63) is 98.7 Å². The second-order valence-electron chi connectivity index (χ2n) is 22.6. The van der Waals surface area contributed by atoms with Gasteiger partial charge in [0, 0.05) is 52.0 Å². The molecule has 12 atom stereocenters. The number of carbonyl (C=O) groups excluding carboxylic acids is 3. The molecule has 0 aromatic heterocycles. The number of aliphatic hydroxyl groups is 2. The van der Waals surface area contributed by atoms with Gasteiger partial charge in [0.15, 0.2) is 28.6 Å². The molecule has 12 rings (SSSR count). The van der Waals surface area contributed by atoms with Gasteiger partial charge in [0.05, 0.1) is 47.8 Å². The van der Waals surface area contributed by atoms with E-state index >= 15 is 4.79 Å². The monoisotopic (exact) mass is 971 g/mol. The molecule has 71 heavy (non-hydrogen) atoms. The highest BCUT2D eigenvalue weighted by molar-refractivity contribution is 6.31. The topological polar surface area (TPSA) is 178 Å². The van der Waals surface area contributed by atoms with Crippen molar-refractivity contribution in [1.82, 2.24) is 0 Å². The summed E-state index contributed by atoms with van der Waals surface area (Å²) in [4.78, 5) is 49.6. The Balaban J connectivity index is 1.22. The van der Waals surface area contributed by atoms with E-state index in [4.69, 9.17) is 42.9 Å². The van der Waals surface area contributed by atoms with Crippen molar-refractivity contribution in [2.24, 2.45) is 28.7 Å². The summed E-state index contributed by atoms with van der Waals surface area (Å²) in [5, 5.41) is 23.8. The number of hydrogen-bond acceptors (Lipinski definition) is 14. The highest BCUT2D eigenvalue weighted by atomic mass is 16.8. The van der Waals surface area contributed by atoms with Gasteiger partial charge in [0.1, 0.15) is 47.3 Å². The highest BCUT2D eigenvalue weighted by Gasteiger charge is 2.84. The summed E-state index contributed by atoms with van der Waals surface area (Å²) >= 11 is 0. The Labute approximate surface area is 414 Å². The van der Waals surface area contributed by atoms with Gasteiger partial charge in [-0.3, -0.25) is 14.6 Å². The maximum Gasteiger partial charge on any atom is 0.333 e. The number of rotatable bonds is 10. The van der Waals surface area contributed by atoms with E-state index in [1.54, 1.807) is 26.8 Å². The first kappa shape index (κ1) is 48.1. The molecule has 1 spiro atoms. The zero-order chi connectivity index (χ0) is 50.5. The second kappa shape index (κ2) is 16.4. The van der Waals surface area contributed by atoms with Gasteiger partial charge >= 0.3 is 5.97 Å². The van der Waals surface area contributed by atoms with Crippen LogP contribution in [0.25, 0.3) is 11.8 Å². The summed E-state index contributed by atoms with van der Waals surface area (Å²) in [7, 11) is 1.32. The van der Waals surface area contributed by atoms with Crippen LogP contribution in [0.1, 0.15) is 128 Å². The molecular weight excluding hydrogens is 907 g/mol. The van der Waals surface area contributed by atoms with Crippen LogP contribution in [-0.2, 0) is 39.7 Å². The molecule has 6 heterocycles. The summed E-state index contributed by atoms with van der Waals surface area (Å²) < 4.78 is 53.4. The summed E-state index contributed by atoms with van der Waals surface area (Å²) in [5.41, 5.74) is 2.14. The molecule has 0 amide bonds. The lowest BCUT2D eigenvalue weighted by Crippen LogP contribution is -2.75. The van der Waals surface area contributed by atoms with E-state index in [1.807, 2.05) is 71.0 Å². The number of ketones is 2. The van der Waals surface area contributed by atoms with Gasteiger partial charge in [-0.1, -0.05) is 53.6 Å². The number of carbonyl (C=O) groups is 3. The van der Waals surface area contributed by atoms with Gasteiger partial charge in [-0.25, -0.2) is 4.79 Å². The zero-order valence-electron chi connectivity index (χ0n) is 42.5. The first-order valence-corrected chi connectivity index (χ1v) is 25.1. The normalized spacial score (nSPS) is 35.9. The Morgan fingerprint density at radius 1 is 0.930 bits per heavy atom. The van der Waals surface area contributed by atoms with Crippen molar-refractivity contribution in [3.8, 4) is 17.2 Å². The molecule has 3 saturated carbocycles. The lowest BCUT2D eigenvalue weighted by atomic mass is 9.43. The van der Waals surface area contributed by atoms with Crippen molar-refractivity contribution in [3.63, 3.8) is 0 Å². The number of Topliss-reactive ketones (excluding diaryl/α,β-unsaturated/α-hetero) is 2. The minimum Gasteiger partial charge on any atom is -0.482 e. The quantitative estimate of drug-likeness (QED) is 0.133. The van der Waals surface area contributed by atoms with Gasteiger partial charge in [0.25, 0.3) is 0 Å². The van der Waals surface area contributed by atoms with Gasteiger partial charge < -0.3 is 48.1 Å². The van der Waals surface area contributed by atoms with Crippen LogP contribution in [0.2, 0.25) is 0 Å². The molecule has 3 saturated heterocycles. The van der Waals surface area contributed by atoms with Gasteiger partial charge in [-0.2, -0.15) is 0 Å². The number of allylic oxidation sites excluding steroid dienone is 4. The first-order chi connectivity index (χ1) is 33.6. The second-order valence-corrected chi connectivity index (χ2v) is 22.6. The molecule has 7 unspecified atom stereocenters. The number of fused-ring (bicyclic) bond motifs is 7. The van der Waals surface area contributed by atoms with Crippen LogP contribution >= 0.6 is 0 Å². The number of hydrogen-bond donors (Lipinski definition) is 2. The van der Waals surface area contributed by atoms with E-state index in [0.29, 0.717) is 81.1 Å². The van der Waals surface area contributed by atoms with E-state index in [1.165, 1.54) is 12.7 Å². The Hall–Kier alpha value is -5.22. The molecule has 14 nitrogen and oxygen atoms in total. The summed E-state index contributed by atoms with van der Waals surface area (Å²) in [6, 6.07) is 7.45. The van der Waals surface area contributed by atoms with E-state index in [9.17, 15) is 19.8 Å². The number of nitrogens with zero attached hydrogens (tertiary/aromatic N) is 1. The first-order valence-electron chi connectivity index (χ1n) is 25.1. The fraction of sp³-hybridized carbons (Fsp3) is 0.544. The van der Waals surface area contributed by atoms with E-state index in [2.05, 4.69) is 26.0 Å². The Morgan fingerprint density at radius 2 is 1.66 bits per heavy atom. The van der Waals surface area contributed by atoms with Gasteiger partial charge in [-0.15, -0.1) is 0 Å². The van der Waals surface area contributed by atoms with Crippen LogP contribution in [0, 0.1) is 23.7 Å². The zero-order valence-corrected chi connectivity index (χ0v) is 42.5. The number of aliphatic imine (C=N–C) groups is 1. The van der Waals surface area contributed by atoms with E-state index in [0.717, 1.165) is 12.0 Å². The van der Waals surface area contributed by atoms with Crippen LogP contribution in [0.3, 0.4) is 0 Å². The minimum atomic E-state index is -1.68. The molecule has 4 aliphatic carbocycles.